The Bertz CT molecular complexity index is 380. The Morgan fingerprint density at radius 1 is 1.17 bits per heavy atom. The summed E-state index contributed by atoms with van der Waals surface area (Å²) in [4.78, 5) is 0. The summed E-state index contributed by atoms with van der Waals surface area (Å²) in [6, 6.07) is 5.65. The molecular formula is C12H16F3NO2. The Morgan fingerprint density at radius 2 is 1.72 bits per heavy atom. The molecule has 0 heterocycles. The third-order valence-corrected chi connectivity index (χ3v) is 2.33. The van der Waals surface area contributed by atoms with Gasteiger partial charge in [-0.05, 0) is 18.1 Å². The van der Waals surface area contributed by atoms with Crippen molar-refractivity contribution in [3.8, 4) is 11.5 Å². The van der Waals surface area contributed by atoms with E-state index in [1.54, 1.807) is 6.07 Å². The third-order valence-electron chi connectivity index (χ3n) is 2.33. The normalized spacial score (nSPS) is 13.5. The van der Waals surface area contributed by atoms with Crippen LogP contribution in [0.1, 0.15) is 13.8 Å². The average Bonchev–Trinajstić information content (AvgIpc) is 2.25. The SMILES string of the molecule is CC(C)C(CN)Oc1ccccc1OC(F)(F)F. The molecule has 0 saturated carbocycles. The molecule has 0 fully saturated rings. The predicted molar refractivity (Wildman–Crippen MR) is 61.4 cm³/mol. The minimum Gasteiger partial charge on any atom is -0.485 e. The summed E-state index contributed by atoms with van der Waals surface area (Å²) in [5.41, 5.74) is 5.51. The highest BCUT2D eigenvalue weighted by molar-refractivity contribution is 5.39. The van der Waals surface area contributed by atoms with Crippen LogP contribution < -0.4 is 15.2 Å². The lowest BCUT2D eigenvalue weighted by molar-refractivity contribution is -0.275. The molecule has 1 aromatic rings. The van der Waals surface area contributed by atoms with E-state index in [2.05, 4.69) is 4.74 Å². The summed E-state index contributed by atoms with van der Waals surface area (Å²) >= 11 is 0. The Kier molecular flexibility index (Phi) is 4.84. The van der Waals surface area contributed by atoms with Crippen LogP contribution in [0.3, 0.4) is 0 Å². The molecule has 1 rings (SSSR count). The number of benzene rings is 1. The maximum absolute atomic E-state index is 12.2. The van der Waals surface area contributed by atoms with Crippen LogP contribution in [0, 0.1) is 5.92 Å². The second kappa shape index (κ2) is 5.95. The quantitative estimate of drug-likeness (QED) is 0.888. The number of hydrogen-bond acceptors (Lipinski definition) is 3. The van der Waals surface area contributed by atoms with Crippen LogP contribution in [-0.2, 0) is 0 Å². The van der Waals surface area contributed by atoms with Crippen molar-refractivity contribution in [3.05, 3.63) is 24.3 Å². The lowest BCUT2D eigenvalue weighted by Crippen LogP contribution is -2.32. The van der Waals surface area contributed by atoms with Crippen molar-refractivity contribution in [2.45, 2.75) is 26.3 Å². The van der Waals surface area contributed by atoms with Crippen LogP contribution >= 0.6 is 0 Å². The summed E-state index contributed by atoms with van der Waals surface area (Å²) < 4.78 is 45.9. The minimum atomic E-state index is -4.74. The molecular weight excluding hydrogens is 247 g/mol. The van der Waals surface area contributed by atoms with Crippen molar-refractivity contribution in [1.82, 2.24) is 0 Å². The molecule has 1 atom stereocenters. The monoisotopic (exact) mass is 263 g/mol. The van der Waals surface area contributed by atoms with Gasteiger partial charge in [0.15, 0.2) is 11.5 Å². The Balaban J connectivity index is 2.88. The standard InChI is InChI=1S/C12H16F3NO2/c1-8(2)11(7-16)17-9-5-3-4-6-10(9)18-12(13,14)15/h3-6,8,11H,7,16H2,1-2H3. The molecule has 0 amide bonds. The van der Waals surface area contributed by atoms with Crippen LogP contribution in [0.4, 0.5) is 13.2 Å². The zero-order valence-electron chi connectivity index (χ0n) is 10.2. The Labute approximate surface area is 104 Å². The first-order valence-corrected chi connectivity index (χ1v) is 5.55. The molecule has 102 valence electrons. The van der Waals surface area contributed by atoms with Gasteiger partial charge in [-0.25, -0.2) is 0 Å². The van der Waals surface area contributed by atoms with E-state index in [-0.39, 0.29) is 30.1 Å². The van der Waals surface area contributed by atoms with E-state index < -0.39 is 6.36 Å². The van der Waals surface area contributed by atoms with Gasteiger partial charge in [0.2, 0.25) is 0 Å². The number of alkyl halides is 3. The van der Waals surface area contributed by atoms with Gasteiger partial charge < -0.3 is 15.2 Å². The minimum absolute atomic E-state index is 0.0407. The molecule has 6 heteroatoms. The van der Waals surface area contributed by atoms with Crippen molar-refractivity contribution in [3.63, 3.8) is 0 Å². The van der Waals surface area contributed by atoms with Crippen LogP contribution in [-0.4, -0.2) is 19.0 Å². The van der Waals surface area contributed by atoms with Gasteiger partial charge in [-0.2, -0.15) is 0 Å². The molecule has 18 heavy (non-hydrogen) atoms. The van der Waals surface area contributed by atoms with Gasteiger partial charge in [0.25, 0.3) is 0 Å². The summed E-state index contributed by atoms with van der Waals surface area (Å²) in [7, 11) is 0. The van der Waals surface area contributed by atoms with Crippen molar-refractivity contribution in [2.24, 2.45) is 11.7 Å². The molecule has 0 aromatic heterocycles. The van der Waals surface area contributed by atoms with Gasteiger partial charge >= 0.3 is 6.36 Å². The van der Waals surface area contributed by atoms with Crippen LogP contribution in [0.25, 0.3) is 0 Å². The lowest BCUT2D eigenvalue weighted by atomic mass is 10.1. The van der Waals surface area contributed by atoms with Crippen molar-refractivity contribution in [1.29, 1.82) is 0 Å². The smallest absolute Gasteiger partial charge is 0.485 e. The lowest BCUT2D eigenvalue weighted by Gasteiger charge is -2.22. The molecule has 0 spiro atoms. The van der Waals surface area contributed by atoms with E-state index in [1.807, 2.05) is 13.8 Å². The first kappa shape index (κ1) is 14.6. The molecule has 1 aromatic carbocycles. The van der Waals surface area contributed by atoms with Crippen molar-refractivity contribution < 1.29 is 22.6 Å². The van der Waals surface area contributed by atoms with E-state index >= 15 is 0 Å². The summed E-state index contributed by atoms with van der Waals surface area (Å²) in [6.07, 6.45) is -5.10. The zero-order valence-corrected chi connectivity index (χ0v) is 10.2. The molecule has 0 aliphatic rings. The number of para-hydroxylation sites is 2. The number of ether oxygens (including phenoxy) is 2. The fourth-order valence-corrected chi connectivity index (χ4v) is 1.38. The van der Waals surface area contributed by atoms with E-state index in [0.29, 0.717) is 0 Å². The summed E-state index contributed by atoms with van der Waals surface area (Å²) in [5.74, 6) is -0.225. The van der Waals surface area contributed by atoms with E-state index in [0.717, 1.165) is 0 Å². The summed E-state index contributed by atoms with van der Waals surface area (Å²) in [5, 5.41) is 0. The third kappa shape index (κ3) is 4.44. The second-order valence-electron chi connectivity index (χ2n) is 4.13. The van der Waals surface area contributed by atoms with Gasteiger partial charge in [-0.3, -0.25) is 0 Å². The number of halogens is 3. The molecule has 0 radical (unpaired) electrons. The van der Waals surface area contributed by atoms with Crippen LogP contribution in [0.5, 0.6) is 11.5 Å². The molecule has 3 nitrogen and oxygen atoms in total. The van der Waals surface area contributed by atoms with Crippen LogP contribution in [0.15, 0.2) is 24.3 Å². The van der Waals surface area contributed by atoms with E-state index in [1.165, 1.54) is 18.2 Å². The molecule has 1 unspecified atom stereocenters. The fourth-order valence-electron chi connectivity index (χ4n) is 1.38. The van der Waals surface area contributed by atoms with Gasteiger partial charge in [-0.1, -0.05) is 26.0 Å². The average molecular weight is 263 g/mol. The molecule has 0 aliphatic heterocycles. The fraction of sp³-hybridized carbons (Fsp3) is 0.500. The topological polar surface area (TPSA) is 44.5 Å². The second-order valence-corrected chi connectivity index (χ2v) is 4.13. The number of nitrogens with two attached hydrogens (primary N) is 1. The molecule has 0 saturated heterocycles. The maximum atomic E-state index is 12.2. The Hall–Kier alpha value is -1.43. The predicted octanol–water partition coefficient (Wildman–Crippen LogP) is 2.95. The molecule has 2 N–H and O–H groups in total. The van der Waals surface area contributed by atoms with Crippen molar-refractivity contribution >= 4 is 0 Å². The highest BCUT2D eigenvalue weighted by atomic mass is 19.4. The van der Waals surface area contributed by atoms with Gasteiger partial charge in [0.05, 0.1) is 0 Å². The molecule has 0 aliphatic carbocycles. The number of rotatable bonds is 5. The van der Waals surface area contributed by atoms with Gasteiger partial charge in [0.1, 0.15) is 6.10 Å². The van der Waals surface area contributed by atoms with Crippen molar-refractivity contribution in [2.75, 3.05) is 6.54 Å². The van der Waals surface area contributed by atoms with E-state index in [4.69, 9.17) is 10.5 Å². The van der Waals surface area contributed by atoms with Crippen LogP contribution in [0.2, 0.25) is 0 Å². The largest absolute Gasteiger partial charge is 0.573 e. The number of hydrogen-bond donors (Lipinski definition) is 1. The van der Waals surface area contributed by atoms with E-state index in [9.17, 15) is 13.2 Å². The summed E-state index contributed by atoms with van der Waals surface area (Å²) in [6.45, 7) is 3.98. The highest BCUT2D eigenvalue weighted by Gasteiger charge is 2.32. The van der Waals surface area contributed by atoms with Gasteiger partial charge in [-0.15, -0.1) is 13.2 Å². The maximum Gasteiger partial charge on any atom is 0.573 e. The molecule has 0 bridgehead atoms. The zero-order chi connectivity index (χ0) is 13.8. The Morgan fingerprint density at radius 3 is 2.17 bits per heavy atom. The first-order chi connectivity index (χ1) is 8.33. The first-order valence-electron chi connectivity index (χ1n) is 5.55. The highest BCUT2D eigenvalue weighted by Crippen LogP contribution is 2.32. The van der Waals surface area contributed by atoms with Gasteiger partial charge in [0, 0.05) is 6.54 Å².